The molecular weight excluding hydrogens is 487 g/mol. The lowest BCUT2D eigenvalue weighted by Crippen LogP contribution is -2.35. The topological polar surface area (TPSA) is 68.2 Å². The minimum absolute atomic E-state index is 0.0250. The minimum Gasteiger partial charge on any atom is -0.434 e. The highest BCUT2D eigenvalue weighted by Crippen LogP contribution is 2.31. The normalized spacial score (nSPS) is 10.7. The number of pyridine rings is 1. The van der Waals surface area contributed by atoms with Gasteiger partial charge < -0.3 is 19.9 Å². The minimum atomic E-state index is -0.594. The Morgan fingerprint density at radius 3 is 2.41 bits per heavy atom. The molecule has 5 rings (SSSR count). The van der Waals surface area contributed by atoms with Crippen molar-refractivity contribution in [3.05, 3.63) is 120 Å². The van der Waals surface area contributed by atoms with Crippen LogP contribution in [0.25, 0.3) is 10.9 Å². The number of aromatic nitrogens is 2. The first-order valence-electron chi connectivity index (χ1n) is 11.6. The molecule has 2 aromatic heterocycles. The van der Waals surface area contributed by atoms with Crippen LogP contribution in [0, 0.1) is 5.82 Å². The Hall–Kier alpha value is -4.56. The smallest absolute Gasteiger partial charge is 0.244 e. The molecule has 0 saturated carbocycles. The van der Waals surface area contributed by atoms with Gasteiger partial charge >= 0.3 is 0 Å². The molecule has 8 heteroatoms. The molecule has 2 N–H and O–H groups in total. The van der Waals surface area contributed by atoms with Crippen LogP contribution in [0.15, 0.2) is 103 Å². The summed E-state index contributed by atoms with van der Waals surface area (Å²) in [6.45, 7) is 0.630. The highest BCUT2D eigenvalue weighted by Gasteiger charge is 2.14. The zero-order chi connectivity index (χ0) is 25.6. The number of nitrogens with zero attached hydrogens (tertiary/aromatic N) is 2. The van der Waals surface area contributed by atoms with Gasteiger partial charge in [0, 0.05) is 36.1 Å². The Morgan fingerprint density at radius 2 is 1.68 bits per heavy atom. The highest BCUT2D eigenvalue weighted by molar-refractivity contribution is 7.80. The number of benzene rings is 3. The average molecular weight is 511 g/mol. The Balaban J connectivity index is 1.27. The van der Waals surface area contributed by atoms with Crippen LogP contribution in [0.2, 0.25) is 0 Å². The first-order chi connectivity index (χ1) is 18.0. The van der Waals surface area contributed by atoms with Crippen LogP contribution in [0.3, 0.4) is 0 Å². The van der Waals surface area contributed by atoms with Crippen molar-refractivity contribution in [3.8, 4) is 11.6 Å². The van der Waals surface area contributed by atoms with Gasteiger partial charge in [0.15, 0.2) is 16.7 Å². The van der Waals surface area contributed by atoms with Crippen LogP contribution in [0.4, 0.5) is 10.1 Å². The maximum Gasteiger partial charge on any atom is 0.244 e. The zero-order valence-corrected chi connectivity index (χ0v) is 20.5. The largest absolute Gasteiger partial charge is 0.434 e. The van der Waals surface area contributed by atoms with Gasteiger partial charge in [0.2, 0.25) is 11.8 Å². The van der Waals surface area contributed by atoms with E-state index in [1.807, 2.05) is 83.6 Å². The van der Waals surface area contributed by atoms with Crippen LogP contribution in [0.5, 0.6) is 11.6 Å². The molecule has 0 atom stereocenters. The second kappa shape index (κ2) is 11.0. The Bertz CT molecular complexity index is 1550. The van der Waals surface area contributed by atoms with Crippen molar-refractivity contribution in [3.63, 3.8) is 0 Å². The third-order valence-corrected chi connectivity index (χ3v) is 5.90. The molecular formula is C29H23FN4O2S. The Labute approximate surface area is 218 Å². The van der Waals surface area contributed by atoms with Gasteiger partial charge in [-0.15, -0.1) is 0 Å². The fourth-order valence-electron chi connectivity index (χ4n) is 3.98. The summed E-state index contributed by atoms with van der Waals surface area (Å²) in [4.78, 5) is 16.6. The van der Waals surface area contributed by atoms with Gasteiger partial charge in [-0.05, 0) is 47.6 Å². The SMILES string of the molecule is O=C(Cc1ccccc1)NC(=S)Nc1ccc(Oc2nccc3ccn(Cc4ccccc4)c23)c(F)c1. The quantitative estimate of drug-likeness (QED) is 0.260. The number of anilines is 1. The number of halogens is 1. The van der Waals surface area contributed by atoms with Gasteiger partial charge in [0.1, 0.15) is 5.52 Å². The number of hydrogen-bond donors (Lipinski definition) is 2. The van der Waals surface area contributed by atoms with Gasteiger partial charge in [0.25, 0.3) is 0 Å². The van der Waals surface area contributed by atoms with E-state index in [0.717, 1.165) is 22.0 Å². The molecule has 0 aliphatic carbocycles. The average Bonchev–Trinajstić information content (AvgIpc) is 3.30. The molecule has 0 spiro atoms. The van der Waals surface area contributed by atoms with E-state index < -0.39 is 5.82 Å². The van der Waals surface area contributed by atoms with E-state index >= 15 is 0 Å². The van der Waals surface area contributed by atoms with Crippen molar-refractivity contribution < 1.29 is 13.9 Å². The number of amides is 1. The Kier molecular flexibility index (Phi) is 7.19. The second-order valence-electron chi connectivity index (χ2n) is 8.40. The van der Waals surface area contributed by atoms with Crippen molar-refractivity contribution in [1.82, 2.24) is 14.9 Å². The number of carbonyl (C=O) groups excluding carboxylic acids is 1. The molecule has 0 saturated heterocycles. The molecule has 184 valence electrons. The molecule has 37 heavy (non-hydrogen) atoms. The lowest BCUT2D eigenvalue weighted by molar-refractivity contribution is -0.119. The van der Waals surface area contributed by atoms with Gasteiger partial charge in [-0.3, -0.25) is 4.79 Å². The monoisotopic (exact) mass is 510 g/mol. The number of hydrogen-bond acceptors (Lipinski definition) is 4. The van der Waals surface area contributed by atoms with E-state index in [0.29, 0.717) is 18.1 Å². The third-order valence-electron chi connectivity index (χ3n) is 5.70. The van der Waals surface area contributed by atoms with E-state index in [-0.39, 0.29) is 23.2 Å². The van der Waals surface area contributed by atoms with Crippen LogP contribution in [-0.2, 0) is 17.8 Å². The molecule has 0 aliphatic heterocycles. The summed E-state index contributed by atoms with van der Waals surface area (Å²) in [5, 5.41) is 6.47. The number of fused-ring (bicyclic) bond motifs is 1. The zero-order valence-electron chi connectivity index (χ0n) is 19.7. The number of carbonyl (C=O) groups is 1. The molecule has 5 aromatic rings. The Morgan fingerprint density at radius 1 is 0.946 bits per heavy atom. The fourth-order valence-corrected chi connectivity index (χ4v) is 4.21. The molecule has 1 amide bonds. The molecule has 0 unspecified atom stereocenters. The van der Waals surface area contributed by atoms with Crippen molar-refractivity contribution in [2.45, 2.75) is 13.0 Å². The number of nitrogens with one attached hydrogen (secondary N) is 2. The summed E-state index contributed by atoms with van der Waals surface area (Å²) in [6.07, 6.45) is 3.78. The van der Waals surface area contributed by atoms with E-state index in [1.165, 1.54) is 12.1 Å². The molecule has 6 nitrogen and oxygen atoms in total. The summed E-state index contributed by atoms with van der Waals surface area (Å²) in [5.41, 5.74) is 3.15. The predicted octanol–water partition coefficient (Wildman–Crippen LogP) is 6.07. The number of rotatable bonds is 7. The van der Waals surface area contributed by atoms with E-state index in [2.05, 4.69) is 15.6 Å². The van der Waals surface area contributed by atoms with Gasteiger partial charge in [0.05, 0.1) is 6.42 Å². The lowest BCUT2D eigenvalue weighted by Gasteiger charge is -2.13. The summed E-state index contributed by atoms with van der Waals surface area (Å²) < 4.78 is 22.9. The van der Waals surface area contributed by atoms with Gasteiger partial charge in [-0.25, -0.2) is 9.37 Å². The summed E-state index contributed by atoms with van der Waals surface area (Å²) in [7, 11) is 0. The molecule has 0 aliphatic rings. The molecule has 0 radical (unpaired) electrons. The van der Waals surface area contributed by atoms with Crippen LogP contribution in [0.1, 0.15) is 11.1 Å². The van der Waals surface area contributed by atoms with Crippen molar-refractivity contribution in [2.24, 2.45) is 0 Å². The predicted molar refractivity (Wildman–Crippen MR) is 146 cm³/mol. The first-order valence-corrected chi connectivity index (χ1v) is 12.1. The molecule has 2 heterocycles. The van der Waals surface area contributed by atoms with Crippen LogP contribution >= 0.6 is 12.2 Å². The van der Waals surface area contributed by atoms with Crippen molar-refractivity contribution >= 4 is 39.8 Å². The molecule has 0 bridgehead atoms. The maximum absolute atomic E-state index is 15.0. The first kappa shape index (κ1) is 24.1. The fraction of sp³-hybridized carbons (Fsp3) is 0.0690. The number of ether oxygens (including phenoxy) is 1. The standard InChI is InChI=1S/C29H23FN4O2S/c30-24-18-23(32-29(37)33-26(35)17-20-7-3-1-4-8-20)11-12-25(24)36-28-27-22(13-15-31-28)14-16-34(27)19-21-9-5-2-6-10-21/h1-16,18H,17,19H2,(H2,32,33,35,37). The van der Waals surface area contributed by atoms with Gasteiger partial charge in [-0.2, -0.15) is 0 Å². The van der Waals surface area contributed by atoms with Crippen molar-refractivity contribution in [1.29, 1.82) is 0 Å². The van der Waals surface area contributed by atoms with Gasteiger partial charge in [-0.1, -0.05) is 60.7 Å². The highest BCUT2D eigenvalue weighted by atomic mass is 32.1. The molecule has 0 fully saturated rings. The summed E-state index contributed by atoms with van der Waals surface area (Å²) in [6, 6.07) is 27.6. The summed E-state index contributed by atoms with van der Waals surface area (Å²) >= 11 is 5.21. The maximum atomic E-state index is 15.0. The third kappa shape index (κ3) is 5.99. The van der Waals surface area contributed by atoms with E-state index in [4.69, 9.17) is 17.0 Å². The second-order valence-corrected chi connectivity index (χ2v) is 8.80. The molecule has 3 aromatic carbocycles. The van der Waals surface area contributed by atoms with Crippen LogP contribution in [-0.4, -0.2) is 20.6 Å². The summed E-state index contributed by atoms with van der Waals surface area (Å²) in [5.74, 6) is -0.524. The lowest BCUT2D eigenvalue weighted by atomic mass is 10.1. The van der Waals surface area contributed by atoms with Crippen LogP contribution < -0.4 is 15.4 Å². The van der Waals surface area contributed by atoms with E-state index in [9.17, 15) is 9.18 Å². The number of thiocarbonyl (C=S) groups is 1. The van der Waals surface area contributed by atoms with Crippen molar-refractivity contribution in [2.75, 3.05) is 5.32 Å². The van der Waals surface area contributed by atoms with E-state index in [1.54, 1.807) is 12.3 Å².